The van der Waals surface area contributed by atoms with Crippen LogP contribution in [-0.4, -0.2) is 41.6 Å². The fourth-order valence-corrected chi connectivity index (χ4v) is 7.68. The van der Waals surface area contributed by atoms with Crippen molar-refractivity contribution in [3.05, 3.63) is 89.9 Å². The summed E-state index contributed by atoms with van der Waals surface area (Å²) in [6.07, 6.45) is 14.6. The van der Waals surface area contributed by atoms with E-state index in [1.807, 2.05) is 61.1 Å². The number of sulfone groups is 1. The van der Waals surface area contributed by atoms with Crippen molar-refractivity contribution in [3.8, 4) is 17.0 Å². The number of allylic oxidation sites excluding steroid dienone is 2. The monoisotopic (exact) mass is 659 g/mol. The van der Waals surface area contributed by atoms with Gasteiger partial charge in [0.15, 0.2) is 11.6 Å². The van der Waals surface area contributed by atoms with Crippen molar-refractivity contribution in [1.82, 2.24) is 9.55 Å². The summed E-state index contributed by atoms with van der Waals surface area (Å²) in [5.74, 6) is 1.70. The van der Waals surface area contributed by atoms with Gasteiger partial charge in [0.2, 0.25) is 0 Å². The number of hydrogen-bond donors (Lipinski definition) is 1. The molecule has 5 rings (SSSR count). The van der Waals surface area contributed by atoms with E-state index in [0.29, 0.717) is 17.2 Å². The summed E-state index contributed by atoms with van der Waals surface area (Å²) in [5.41, 5.74) is 5.49. The molecule has 9 heteroatoms. The summed E-state index contributed by atoms with van der Waals surface area (Å²) in [7, 11) is -2.99. The molecular formula is C38H46FN3O4S. The van der Waals surface area contributed by atoms with Crippen LogP contribution in [0.1, 0.15) is 87.0 Å². The maximum atomic E-state index is 14.0. The summed E-state index contributed by atoms with van der Waals surface area (Å²) < 4.78 is 45.3. The van der Waals surface area contributed by atoms with E-state index in [1.165, 1.54) is 6.26 Å². The number of benzene rings is 2. The molecule has 250 valence electrons. The van der Waals surface area contributed by atoms with E-state index in [-0.39, 0.29) is 17.0 Å². The van der Waals surface area contributed by atoms with Gasteiger partial charge in [-0.1, -0.05) is 38.5 Å². The van der Waals surface area contributed by atoms with E-state index in [0.717, 1.165) is 91.0 Å². The third kappa shape index (κ3) is 8.49. The molecule has 47 heavy (non-hydrogen) atoms. The van der Waals surface area contributed by atoms with Crippen molar-refractivity contribution in [1.29, 1.82) is 0 Å². The van der Waals surface area contributed by atoms with E-state index < -0.39 is 16.2 Å². The van der Waals surface area contributed by atoms with Crippen LogP contribution in [0, 0.1) is 18.8 Å². The molecule has 0 amide bonds. The molecule has 1 aliphatic heterocycles. The molecule has 2 aliphatic rings. The average molecular weight is 660 g/mol. The molecule has 1 fully saturated rings. The quantitative estimate of drug-likeness (QED) is 0.119. The predicted octanol–water partition coefficient (Wildman–Crippen LogP) is 9.03. The minimum atomic E-state index is -2.99. The number of hydrogen-bond acceptors (Lipinski definition) is 6. The van der Waals surface area contributed by atoms with Crippen LogP contribution in [0.5, 0.6) is 5.75 Å². The maximum absolute atomic E-state index is 14.0. The largest absolute Gasteiger partial charge is 0.457 e. The summed E-state index contributed by atoms with van der Waals surface area (Å²) in [6, 6.07) is 13.1. The number of rotatable bonds is 12. The lowest BCUT2D eigenvalue weighted by Crippen LogP contribution is -2.19. The summed E-state index contributed by atoms with van der Waals surface area (Å²) in [4.78, 5) is 18.2. The highest BCUT2D eigenvalue weighted by Crippen LogP contribution is 2.33. The third-order valence-electron chi connectivity index (χ3n) is 9.39. The van der Waals surface area contributed by atoms with Gasteiger partial charge >= 0.3 is 0 Å². The zero-order valence-corrected chi connectivity index (χ0v) is 28.7. The molecule has 1 aromatic heterocycles. The zero-order valence-electron chi connectivity index (χ0n) is 27.8. The molecule has 1 N–H and O–H groups in total. The van der Waals surface area contributed by atoms with Gasteiger partial charge in [-0.3, -0.25) is 9.36 Å². The van der Waals surface area contributed by atoms with Gasteiger partial charge in [-0.15, -0.1) is 0 Å². The van der Waals surface area contributed by atoms with Crippen LogP contribution in [0.15, 0.2) is 73.0 Å². The normalized spacial score (nSPS) is 19.5. The summed E-state index contributed by atoms with van der Waals surface area (Å²) in [5, 5.41) is 3.30. The van der Waals surface area contributed by atoms with E-state index in [9.17, 15) is 17.6 Å². The van der Waals surface area contributed by atoms with Crippen molar-refractivity contribution in [2.24, 2.45) is 11.8 Å². The standard InChI is InChI=1S/C38H46FN3O4S/c1-25(2)37(39)46-31-18-15-29(16-19-31)35-24-40-38-34(11-6-7-22-42(35)38)41-30-17-21-33(27(4)23-30)36(43)26(3)12-13-28-9-8-10-32(20-14-28)47(5,44)45/h7,11,15-19,21-24,26,28,32,37,41H,1,6,8-10,12-14,20H2,2-5H3. The van der Waals surface area contributed by atoms with Crippen LogP contribution in [0.4, 0.5) is 10.1 Å². The highest BCUT2D eigenvalue weighted by Gasteiger charge is 2.27. The molecule has 7 nitrogen and oxygen atoms in total. The molecule has 0 saturated heterocycles. The fraction of sp³-hybridized carbons (Fsp3) is 0.421. The Bertz CT molecular complexity index is 1770. The Hall–Kier alpha value is -3.98. The second-order valence-electron chi connectivity index (χ2n) is 13.2. The number of halogens is 1. The lowest BCUT2D eigenvalue weighted by Gasteiger charge is -2.18. The number of fused-ring (bicyclic) bond motifs is 1. The van der Waals surface area contributed by atoms with E-state index in [2.05, 4.69) is 24.0 Å². The van der Waals surface area contributed by atoms with Crippen LogP contribution in [0.25, 0.3) is 23.2 Å². The molecule has 0 radical (unpaired) electrons. The number of ketones is 1. The Morgan fingerprint density at radius 3 is 2.62 bits per heavy atom. The molecule has 3 aromatic rings. The van der Waals surface area contributed by atoms with Gasteiger partial charge in [0.25, 0.3) is 6.36 Å². The predicted molar refractivity (Wildman–Crippen MR) is 189 cm³/mol. The van der Waals surface area contributed by atoms with Crippen LogP contribution in [-0.2, 0) is 9.84 Å². The second kappa shape index (κ2) is 14.8. The molecule has 0 bridgehead atoms. The van der Waals surface area contributed by atoms with Gasteiger partial charge in [-0.2, -0.15) is 4.39 Å². The van der Waals surface area contributed by atoms with Crippen LogP contribution in [0.3, 0.4) is 0 Å². The lowest BCUT2D eigenvalue weighted by atomic mass is 9.87. The van der Waals surface area contributed by atoms with Gasteiger partial charge in [0.05, 0.1) is 22.8 Å². The number of aromatic nitrogens is 2. The minimum absolute atomic E-state index is 0.104. The third-order valence-corrected chi connectivity index (χ3v) is 11.1. The Morgan fingerprint density at radius 1 is 1.15 bits per heavy atom. The number of nitrogens with one attached hydrogen (secondary N) is 1. The van der Waals surface area contributed by atoms with Crippen molar-refractivity contribution in [2.45, 2.75) is 83.7 Å². The first-order valence-electron chi connectivity index (χ1n) is 16.5. The molecular weight excluding hydrogens is 614 g/mol. The number of anilines is 1. The smallest absolute Gasteiger partial charge is 0.259 e. The first-order chi connectivity index (χ1) is 22.4. The van der Waals surface area contributed by atoms with Crippen LogP contribution in [0.2, 0.25) is 0 Å². The van der Waals surface area contributed by atoms with Crippen molar-refractivity contribution in [2.75, 3.05) is 11.6 Å². The number of ether oxygens (including phenoxy) is 1. The van der Waals surface area contributed by atoms with Crippen LogP contribution >= 0.6 is 0 Å². The number of carbonyl (C=O) groups is 1. The lowest BCUT2D eigenvalue weighted by molar-refractivity contribution is 0.0918. The Kier molecular flexibility index (Phi) is 10.8. The highest BCUT2D eigenvalue weighted by atomic mass is 32.2. The molecule has 2 aromatic carbocycles. The number of carbonyl (C=O) groups excluding carboxylic acids is 1. The molecule has 0 spiro atoms. The fourth-order valence-electron chi connectivity index (χ4n) is 6.52. The Morgan fingerprint density at radius 2 is 1.91 bits per heavy atom. The van der Waals surface area contributed by atoms with Crippen molar-refractivity contribution >= 4 is 33.2 Å². The van der Waals surface area contributed by atoms with Gasteiger partial charge in [0, 0.05) is 35.2 Å². The molecule has 1 saturated carbocycles. The minimum Gasteiger partial charge on any atom is -0.457 e. The molecule has 4 unspecified atom stereocenters. The summed E-state index contributed by atoms with van der Waals surface area (Å²) in [6.45, 7) is 9.16. The van der Waals surface area contributed by atoms with E-state index in [1.54, 1.807) is 19.1 Å². The van der Waals surface area contributed by atoms with E-state index in [4.69, 9.17) is 9.72 Å². The average Bonchev–Trinajstić information content (AvgIpc) is 3.17. The second-order valence-corrected chi connectivity index (χ2v) is 15.5. The number of Topliss-reactive ketones (excluding diaryl/α,β-unsaturated/α-hetero) is 1. The van der Waals surface area contributed by atoms with E-state index >= 15 is 0 Å². The molecule has 2 heterocycles. The van der Waals surface area contributed by atoms with Crippen molar-refractivity contribution < 1.29 is 22.3 Å². The maximum Gasteiger partial charge on any atom is 0.259 e. The van der Waals surface area contributed by atoms with Gasteiger partial charge in [0.1, 0.15) is 15.6 Å². The number of nitrogens with zero attached hydrogens (tertiary/aromatic N) is 2. The topological polar surface area (TPSA) is 90.3 Å². The highest BCUT2D eigenvalue weighted by molar-refractivity contribution is 7.91. The summed E-state index contributed by atoms with van der Waals surface area (Å²) >= 11 is 0. The van der Waals surface area contributed by atoms with Gasteiger partial charge in [-0.25, -0.2) is 13.4 Å². The Balaban J connectivity index is 1.22. The molecule has 4 atom stereocenters. The Labute approximate surface area is 278 Å². The number of aryl methyl sites for hydroxylation is 1. The number of alkyl halides is 1. The van der Waals surface area contributed by atoms with Gasteiger partial charge < -0.3 is 10.1 Å². The zero-order chi connectivity index (χ0) is 33.7. The number of imidazole rings is 1. The molecule has 1 aliphatic carbocycles. The first kappa shape index (κ1) is 34.4. The SMILES string of the molecule is C=C(C)C(F)Oc1ccc(-c2cnc3n2C=CCC=C3Nc2ccc(C(=O)C(C)CCC3CCCC(S(C)(=O)=O)CC3)c(C)c2)cc1. The van der Waals surface area contributed by atoms with Gasteiger partial charge in [-0.05, 0) is 112 Å². The van der Waals surface area contributed by atoms with Crippen molar-refractivity contribution in [3.63, 3.8) is 0 Å². The first-order valence-corrected chi connectivity index (χ1v) is 18.5. The van der Waals surface area contributed by atoms with Crippen LogP contribution < -0.4 is 10.1 Å².